The molecular weight excluding hydrogens is 1380 g/mol. The van der Waals surface area contributed by atoms with Crippen LogP contribution in [0.15, 0.2) is 121 Å². The third-order valence-electron chi connectivity index (χ3n) is 14.1. The standard InChI is InChI=1S/C24H30N4O5S2.C23H28N4O5S2.C21H21N5O2S2/c1-14-8-9-16(31-5)12-18(14)23(34)27(3)25-21(29)15(2)22(30)26-28(4)24(35)19-13-17(32-6)10-11-20(19)33-7;1-14-7-8-15(30-4)11-17(14)22(33)26(2)24-20(28)13-21(29)25-27(3)23(34)18-12-16(31-5)9-10-19(18)32-6;1-14-5-7-15(8-6-14)20(29)25(3)23-18(27)13-19(28)24-26(4)21(30)16-9-11-17(22-2)12-10-16/h8-13,15H,1-7H3,(H,25,29)(H,26,30);7-12H,13H2,1-6H3,(H,24,28)(H,25,29);5-12H,13H2,1,3-4H3,(H,23,27)(H,24,28). The summed E-state index contributed by atoms with van der Waals surface area (Å²) in [7, 11) is 18.8. The Bertz CT molecular complexity index is 4030. The Balaban J connectivity index is 0.000000316. The molecule has 31 heteroatoms. The molecule has 0 aliphatic rings. The molecule has 0 heterocycles. The molecule has 0 aromatic heterocycles. The van der Waals surface area contributed by atoms with Crippen molar-refractivity contribution in [1.82, 2.24) is 62.6 Å². The molecular formula is C68H79N13O12S6. The van der Waals surface area contributed by atoms with Crippen LogP contribution in [0.25, 0.3) is 4.85 Å². The van der Waals surface area contributed by atoms with Gasteiger partial charge in [-0.25, -0.2) is 4.85 Å². The molecule has 1 unspecified atom stereocenters. The fourth-order valence-corrected chi connectivity index (χ4v) is 9.81. The predicted octanol–water partition coefficient (Wildman–Crippen LogP) is 7.94. The van der Waals surface area contributed by atoms with Gasteiger partial charge in [-0.2, -0.15) is 0 Å². The van der Waals surface area contributed by atoms with E-state index in [9.17, 15) is 28.8 Å². The number of nitrogens with zero attached hydrogens (tertiary/aromatic N) is 7. The molecule has 6 aromatic rings. The Hall–Kier alpha value is -10.2. The Morgan fingerprint density at radius 2 is 0.657 bits per heavy atom. The molecule has 0 aliphatic carbocycles. The minimum atomic E-state index is -1.04. The third kappa shape index (κ3) is 24.1. The summed E-state index contributed by atoms with van der Waals surface area (Å²) in [5.41, 5.74) is 23.1. The van der Waals surface area contributed by atoms with Crippen LogP contribution in [-0.4, -0.2) is 180 Å². The van der Waals surface area contributed by atoms with Gasteiger partial charge in [0.05, 0.1) is 60.4 Å². The van der Waals surface area contributed by atoms with Gasteiger partial charge in [0.1, 0.15) is 83.2 Å². The highest BCUT2D eigenvalue weighted by Crippen LogP contribution is 2.28. The molecule has 6 N–H and O–H groups in total. The largest absolute Gasteiger partial charge is 0.497 e. The lowest BCUT2D eigenvalue weighted by Crippen LogP contribution is -2.51. The van der Waals surface area contributed by atoms with Crippen molar-refractivity contribution in [3.63, 3.8) is 0 Å². The van der Waals surface area contributed by atoms with Crippen LogP contribution >= 0.6 is 73.3 Å². The van der Waals surface area contributed by atoms with Crippen LogP contribution < -0.4 is 61.0 Å². The highest BCUT2D eigenvalue weighted by molar-refractivity contribution is 7.81. The average molecular weight is 1460 g/mol. The number of nitrogens with one attached hydrogen (secondary N) is 6. The summed E-state index contributed by atoms with van der Waals surface area (Å²) < 4.78 is 31.7. The summed E-state index contributed by atoms with van der Waals surface area (Å²) in [6.45, 7) is 14.2. The lowest BCUT2D eigenvalue weighted by atomic mass is 10.1. The fraction of sp³-hybridized carbons (Fsp3) is 0.279. The maximum atomic E-state index is 12.8. The number of carbonyl (C=O) groups excluding carboxylic acids is 6. The molecule has 0 fully saturated rings. The first-order valence-corrected chi connectivity index (χ1v) is 32.1. The number of hydrazine groups is 6. The second-order valence-corrected chi connectivity index (χ2v) is 23.7. The van der Waals surface area contributed by atoms with Gasteiger partial charge in [0.25, 0.3) is 11.8 Å². The smallest absolute Gasteiger partial charge is 0.250 e. The normalized spacial score (nSPS) is 10.3. The van der Waals surface area contributed by atoms with E-state index in [2.05, 4.69) is 37.4 Å². The third-order valence-corrected chi connectivity index (χ3v) is 17.1. The van der Waals surface area contributed by atoms with Crippen molar-refractivity contribution < 1.29 is 57.2 Å². The van der Waals surface area contributed by atoms with Crippen molar-refractivity contribution >= 4 is 144 Å². The topological polar surface area (TPSA) is 254 Å². The van der Waals surface area contributed by atoms with Crippen molar-refractivity contribution in [2.45, 2.75) is 40.5 Å². The van der Waals surface area contributed by atoms with Crippen LogP contribution in [0.3, 0.4) is 0 Å². The molecule has 25 nitrogen and oxygen atoms in total. The molecule has 0 saturated carbocycles. The maximum Gasteiger partial charge on any atom is 0.250 e. The van der Waals surface area contributed by atoms with E-state index < -0.39 is 54.2 Å². The summed E-state index contributed by atoms with van der Waals surface area (Å²) in [6, 6.07) is 35.6. The lowest BCUT2D eigenvalue weighted by molar-refractivity contribution is -0.138. The quantitative estimate of drug-likeness (QED) is 0.0207. The van der Waals surface area contributed by atoms with Crippen molar-refractivity contribution in [3.8, 4) is 34.5 Å². The van der Waals surface area contributed by atoms with E-state index >= 15 is 0 Å². The van der Waals surface area contributed by atoms with Crippen molar-refractivity contribution in [2.75, 3.05) is 84.9 Å². The van der Waals surface area contributed by atoms with Gasteiger partial charge in [-0.1, -0.05) is 140 Å². The first kappa shape index (κ1) is 81.2. The Kier molecular flexibility index (Phi) is 32.2. The number of hydrogen-bond donors (Lipinski definition) is 6. The van der Waals surface area contributed by atoms with Crippen LogP contribution in [0, 0.1) is 33.3 Å². The SMILES string of the molecule is COc1ccc(C)c(C(=S)N(C)NC(=O)C(C)C(=O)NN(C)C(=S)c2cc(OC)ccc2OC)c1.COc1ccc(C)c(C(=S)N(C)NC(=O)CC(=O)NN(C)C(=S)c2cc(OC)ccc2OC)c1.[C-]#[N+]c1ccc(C(=S)N(C)NC(=O)CC(=O)NN(C)C(=S)c2ccc(C)cc2)cc1. The number of thiocarbonyl (C=S) groups is 6. The van der Waals surface area contributed by atoms with Gasteiger partial charge < -0.3 is 28.4 Å². The fourth-order valence-electron chi connectivity index (χ4n) is 8.51. The van der Waals surface area contributed by atoms with Crippen LogP contribution in [-0.2, 0) is 28.8 Å². The number of carbonyl (C=O) groups is 6. The first-order chi connectivity index (χ1) is 46.8. The Morgan fingerprint density at radius 3 is 0.960 bits per heavy atom. The van der Waals surface area contributed by atoms with Gasteiger partial charge in [-0.15, -0.1) is 0 Å². The molecule has 0 bridgehead atoms. The van der Waals surface area contributed by atoms with E-state index in [0.717, 1.165) is 33.4 Å². The molecule has 524 valence electrons. The molecule has 6 rings (SSSR count). The van der Waals surface area contributed by atoms with Gasteiger partial charge in [-0.05, 0) is 99.5 Å². The number of aryl methyl sites for hydroxylation is 3. The van der Waals surface area contributed by atoms with Crippen LogP contribution in [0.4, 0.5) is 5.69 Å². The minimum absolute atomic E-state index is 0.286. The number of rotatable bonds is 18. The van der Waals surface area contributed by atoms with E-state index in [1.165, 1.54) is 58.3 Å². The van der Waals surface area contributed by atoms with Gasteiger partial charge in [0.15, 0.2) is 5.69 Å². The minimum Gasteiger partial charge on any atom is -0.497 e. The van der Waals surface area contributed by atoms with E-state index in [-0.39, 0.29) is 9.98 Å². The van der Waals surface area contributed by atoms with E-state index in [0.29, 0.717) is 76.8 Å². The molecule has 0 saturated heterocycles. The van der Waals surface area contributed by atoms with Gasteiger partial charge >= 0.3 is 0 Å². The van der Waals surface area contributed by atoms with Crippen LogP contribution in [0.2, 0.25) is 0 Å². The van der Waals surface area contributed by atoms with Crippen molar-refractivity contribution in [1.29, 1.82) is 0 Å². The predicted molar refractivity (Wildman–Crippen MR) is 402 cm³/mol. The lowest BCUT2D eigenvalue weighted by Gasteiger charge is -2.26. The number of ether oxygens (including phenoxy) is 6. The van der Waals surface area contributed by atoms with E-state index in [4.69, 9.17) is 108 Å². The molecule has 6 aromatic carbocycles. The molecule has 0 radical (unpaired) electrons. The number of hydrogen-bond acceptors (Lipinski definition) is 18. The summed E-state index contributed by atoms with van der Waals surface area (Å²) in [4.78, 5) is 80.2. The number of amides is 6. The molecule has 99 heavy (non-hydrogen) atoms. The first-order valence-electron chi connectivity index (χ1n) is 29.6. The average Bonchev–Trinajstić information content (AvgIpc) is 0.857. The zero-order valence-corrected chi connectivity index (χ0v) is 62.4. The highest BCUT2D eigenvalue weighted by atomic mass is 32.1. The van der Waals surface area contributed by atoms with Gasteiger partial charge in [0, 0.05) is 64.5 Å². The van der Waals surface area contributed by atoms with E-state index in [1.54, 1.807) is 136 Å². The summed E-state index contributed by atoms with van der Waals surface area (Å²) in [5, 5.41) is 8.26. The highest BCUT2D eigenvalue weighted by Gasteiger charge is 2.27. The number of benzene rings is 6. The van der Waals surface area contributed by atoms with Gasteiger partial charge in [-0.3, -0.25) is 91.4 Å². The Morgan fingerprint density at radius 1 is 0.384 bits per heavy atom. The van der Waals surface area contributed by atoms with E-state index in [1.807, 2.05) is 69.3 Å². The van der Waals surface area contributed by atoms with Crippen LogP contribution in [0.1, 0.15) is 69.8 Å². The summed E-state index contributed by atoms with van der Waals surface area (Å²) in [6.07, 6.45) is -0.837. The molecule has 0 spiro atoms. The van der Waals surface area contributed by atoms with Crippen LogP contribution in [0.5, 0.6) is 34.5 Å². The summed E-state index contributed by atoms with van der Waals surface area (Å²) in [5.74, 6) is -0.749. The summed E-state index contributed by atoms with van der Waals surface area (Å²) >= 11 is 32.7. The zero-order valence-electron chi connectivity index (χ0n) is 57.5. The van der Waals surface area contributed by atoms with Crippen molar-refractivity contribution in [2.24, 2.45) is 5.92 Å². The Labute approximate surface area is 608 Å². The second-order valence-electron chi connectivity index (χ2n) is 21.4. The number of methoxy groups -OCH3 is 6. The van der Waals surface area contributed by atoms with Gasteiger partial charge in [0.2, 0.25) is 23.6 Å². The zero-order chi connectivity index (χ0) is 74.0. The molecule has 0 aliphatic heterocycles. The molecule has 6 amide bonds. The monoisotopic (exact) mass is 1460 g/mol. The van der Waals surface area contributed by atoms with Crippen molar-refractivity contribution in [3.05, 3.63) is 183 Å². The maximum absolute atomic E-state index is 12.8. The second kappa shape index (κ2) is 39.2. The molecule has 1 atom stereocenters.